The van der Waals surface area contributed by atoms with Gasteiger partial charge in [0, 0.05) is 0 Å². The Labute approximate surface area is 88.4 Å². The van der Waals surface area contributed by atoms with Crippen LogP contribution < -0.4 is 0 Å². The van der Waals surface area contributed by atoms with E-state index in [0.29, 0.717) is 5.57 Å². The van der Waals surface area contributed by atoms with Crippen molar-refractivity contribution < 1.29 is 24.5 Å². The van der Waals surface area contributed by atoms with Crippen molar-refractivity contribution >= 4 is 11.9 Å². The van der Waals surface area contributed by atoms with Gasteiger partial charge in [0.25, 0.3) is 0 Å². The highest BCUT2D eigenvalue weighted by Gasteiger charge is 2.27. The number of carbonyl (C=O) groups is 2. The third-order valence-electron chi connectivity index (χ3n) is 1.84. The maximum absolute atomic E-state index is 11.2. The topological polar surface area (TPSA) is 83.8 Å². The van der Waals surface area contributed by atoms with Gasteiger partial charge in [-0.05, 0) is 20.3 Å². The standard InChI is InChI=1S/C10H16O5/c1-3-15-10(14)8(9(12)13)6-7(2)4-5-11/h4,8,11H,3,5-6H2,1-2H3,(H,12,13). The highest BCUT2D eigenvalue weighted by Crippen LogP contribution is 2.13. The quantitative estimate of drug-likeness (QED) is 0.385. The number of carboxylic acids is 1. The summed E-state index contributed by atoms with van der Waals surface area (Å²) in [7, 11) is 0. The van der Waals surface area contributed by atoms with Crippen LogP contribution in [0.1, 0.15) is 20.3 Å². The lowest BCUT2D eigenvalue weighted by molar-refractivity contribution is -0.158. The molecule has 0 spiro atoms. The van der Waals surface area contributed by atoms with Crippen molar-refractivity contribution in [1.82, 2.24) is 0 Å². The highest BCUT2D eigenvalue weighted by molar-refractivity contribution is 5.94. The number of aliphatic hydroxyl groups is 1. The van der Waals surface area contributed by atoms with E-state index in [1.807, 2.05) is 0 Å². The van der Waals surface area contributed by atoms with Gasteiger partial charge in [0.15, 0.2) is 5.92 Å². The monoisotopic (exact) mass is 216 g/mol. The van der Waals surface area contributed by atoms with Gasteiger partial charge in [0.2, 0.25) is 0 Å². The van der Waals surface area contributed by atoms with Gasteiger partial charge in [0.1, 0.15) is 0 Å². The molecule has 0 aromatic carbocycles. The van der Waals surface area contributed by atoms with Crippen molar-refractivity contribution in [3.8, 4) is 0 Å². The summed E-state index contributed by atoms with van der Waals surface area (Å²) in [5, 5.41) is 17.4. The summed E-state index contributed by atoms with van der Waals surface area (Å²) < 4.78 is 4.63. The van der Waals surface area contributed by atoms with Crippen LogP contribution >= 0.6 is 0 Å². The Bertz CT molecular complexity index is 257. The molecule has 0 heterocycles. The normalized spacial score (nSPS) is 13.4. The van der Waals surface area contributed by atoms with Gasteiger partial charge >= 0.3 is 11.9 Å². The van der Waals surface area contributed by atoms with Gasteiger partial charge in [-0.3, -0.25) is 9.59 Å². The second kappa shape index (κ2) is 7.00. The molecule has 0 saturated heterocycles. The molecule has 1 atom stereocenters. The van der Waals surface area contributed by atoms with E-state index in [1.165, 1.54) is 6.08 Å². The SMILES string of the molecule is CCOC(=O)C(CC(C)=CCO)C(=O)O. The molecule has 0 aromatic rings. The summed E-state index contributed by atoms with van der Waals surface area (Å²) >= 11 is 0. The second-order valence-electron chi connectivity index (χ2n) is 3.08. The number of aliphatic hydroxyl groups excluding tert-OH is 1. The molecule has 0 aliphatic heterocycles. The van der Waals surface area contributed by atoms with Crippen molar-refractivity contribution in [1.29, 1.82) is 0 Å². The molecule has 0 rings (SSSR count). The maximum Gasteiger partial charge on any atom is 0.320 e. The fourth-order valence-electron chi connectivity index (χ4n) is 1.08. The van der Waals surface area contributed by atoms with Gasteiger partial charge in [-0.15, -0.1) is 0 Å². The molecule has 5 heteroatoms. The summed E-state index contributed by atoms with van der Waals surface area (Å²) in [6.45, 7) is 3.27. The Hall–Kier alpha value is -1.36. The van der Waals surface area contributed by atoms with Crippen molar-refractivity contribution in [2.75, 3.05) is 13.2 Å². The summed E-state index contributed by atoms with van der Waals surface area (Å²) in [5.74, 6) is -3.14. The van der Waals surface area contributed by atoms with Gasteiger partial charge in [0.05, 0.1) is 13.2 Å². The zero-order valence-electron chi connectivity index (χ0n) is 8.90. The first-order valence-electron chi connectivity index (χ1n) is 4.68. The number of carboxylic acid groups (broad SMARTS) is 1. The average molecular weight is 216 g/mol. The molecule has 0 aromatic heterocycles. The number of hydrogen-bond donors (Lipinski definition) is 2. The Morgan fingerprint density at radius 2 is 2.07 bits per heavy atom. The minimum Gasteiger partial charge on any atom is -0.481 e. The first-order valence-corrected chi connectivity index (χ1v) is 4.68. The predicted octanol–water partition coefficient (Wildman–Crippen LogP) is 0.579. The highest BCUT2D eigenvalue weighted by atomic mass is 16.5. The molecule has 1 unspecified atom stereocenters. The molecule has 0 saturated carbocycles. The van der Waals surface area contributed by atoms with Crippen molar-refractivity contribution in [2.24, 2.45) is 5.92 Å². The fraction of sp³-hybridized carbons (Fsp3) is 0.600. The molecule has 5 nitrogen and oxygen atoms in total. The van der Waals surface area contributed by atoms with E-state index in [-0.39, 0.29) is 19.6 Å². The third-order valence-corrected chi connectivity index (χ3v) is 1.84. The molecule has 86 valence electrons. The minimum atomic E-state index is -1.21. The minimum absolute atomic E-state index is 0.0642. The van der Waals surface area contributed by atoms with E-state index in [0.717, 1.165) is 0 Å². The average Bonchev–Trinajstić information content (AvgIpc) is 2.14. The summed E-state index contributed by atoms with van der Waals surface area (Å²) in [6.07, 6.45) is 1.53. The van der Waals surface area contributed by atoms with Crippen molar-refractivity contribution in [3.05, 3.63) is 11.6 Å². The molecular formula is C10H16O5. The van der Waals surface area contributed by atoms with E-state index >= 15 is 0 Å². The molecule has 0 radical (unpaired) electrons. The van der Waals surface area contributed by atoms with Gasteiger partial charge in [-0.25, -0.2) is 0 Å². The van der Waals surface area contributed by atoms with E-state index in [9.17, 15) is 9.59 Å². The molecular weight excluding hydrogens is 200 g/mol. The van der Waals surface area contributed by atoms with Gasteiger partial charge in [-0.2, -0.15) is 0 Å². The van der Waals surface area contributed by atoms with Crippen LogP contribution in [-0.2, 0) is 14.3 Å². The zero-order valence-corrected chi connectivity index (χ0v) is 8.90. The van der Waals surface area contributed by atoms with Crippen molar-refractivity contribution in [3.63, 3.8) is 0 Å². The lowest BCUT2D eigenvalue weighted by Crippen LogP contribution is -2.26. The van der Waals surface area contributed by atoms with E-state index in [2.05, 4.69) is 4.74 Å². The summed E-state index contributed by atoms with van der Waals surface area (Å²) in [5.41, 5.74) is 0.651. The number of aliphatic carboxylic acids is 1. The van der Waals surface area contributed by atoms with E-state index in [4.69, 9.17) is 10.2 Å². The number of hydrogen-bond acceptors (Lipinski definition) is 4. The van der Waals surface area contributed by atoms with E-state index < -0.39 is 17.9 Å². The maximum atomic E-state index is 11.2. The van der Waals surface area contributed by atoms with Crippen LogP contribution in [0.2, 0.25) is 0 Å². The summed E-state index contributed by atoms with van der Waals surface area (Å²) in [6, 6.07) is 0. The smallest absolute Gasteiger partial charge is 0.320 e. The molecule has 0 aliphatic rings. The Morgan fingerprint density at radius 1 is 1.47 bits per heavy atom. The number of esters is 1. The number of ether oxygens (including phenoxy) is 1. The van der Waals surface area contributed by atoms with E-state index in [1.54, 1.807) is 13.8 Å². The van der Waals surface area contributed by atoms with Crippen LogP contribution in [-0.4, -0.2) is 35.4 Å². The Morgan fingerprint density at radius 3 is 2.47 bits per heavy atom. The van der Waals surface area contributed by atoms with Crippen LogP contribution in [0.4, 0.5) is 0 Å². The lowest BCUT2D eigenvalue weighted by atomic mass is 10.0. The van der Waals surface area contributed by atoms with Crippen LogP contribution in [0.3, 0.4) is 0 Å². The molecule has 0 bridgehead atoms. The van der Waals surface area contributed by atoms with Crippen LogP contribution in [0.5, 0.6) is 0 Å². The predicted molar refractivity (Wildman–Crippen MR) is 53.2 cm³/mol. The van der Waals surface area contributed by atoms with Crippen molar-refractivity contribution in [2.45, 2.75) is 20.3 Å². The first-order chi connectivity index (χ1) is 7.02. The largest absolute Gasteiger partial charge is 0.481 e. The molecule has 0 fully saturated rings. The Balaban J connectivity index is 4.48. The number of rotatable bonds is 6. The lowest BCUT2D eigenvalue weighted by Gasteiger charge is -2.11. The zero-order chi connectivity index (χ0) is 11.8. The van der Waals surface area contributed by atoms with Crippen LogP contribution in [0.15, 0.2) is 11.6 Å². The van der Waals surface area contributed by atoms with Gasteiger partial charge in [-0.1, -0.05) is 11.6 Å². The molecule has 2 N–H and O–H groups in total. The molecule has 0 amide bonds. The first kappa shape index (κ1) is 13.6. The second-order valence-corrected chi connectivity index (χ2v) is 3.08. The Kier molecular flexibility index (Phi) is 6.37. The molecule has 15 heavy (non-hydrogen) atoms. The number of allylic oxidation sites excluding steroid dienone is 1. The fourth-order valence-corrected chi connectivity index (χ4v) is 1.08. The summed E-state index contributed by atoms with van der Waals surface area (Å²) in [4.78, 5) is 22.0. The van der Waals surface area contributed by atoms with Crippen LogP contribution in [0.25, 0.3) is 0 Å². The van der Waals surface area contributed by atoms with Crippen LogP contribution in [0, 0.1) is 5.92 Å². The van der Waals surface area contributed by atoms with Gasteiger partial charge < -0.3 is 14.9 Å². The number of carbonyl (C=O) groups excluding carboxylic acids is 1. The third kappa shape index (κ3) is 5.17. The molecule has 0 aliphatic carbocycles.